The van der Waals surface area contributed by atoms with Gasteiger partial charge in [0, 0.05) is 6.07 Å². The van der Waals surface area contributed by atoms with E-state index in [4.69, 9.17) is 5.11 Å². The van der Waals surface area contributed by atoms with Crippen molar-refractivity contribution in [3.8, 4) is 0 Å². The first-order valence-electron chi connectivity index (χ1n) is 3.13. The molecule has 0 aromatic carbocycles. The van der Waals surface area contributed by atoms with Gasteiger partial charge in [-0.05, 0) is 6.07 Å². The number of hydrogen-bond acceptors (Lipinski definition) is 4. The molecule has 1 rings (SSSR count). The lowest BCUT2D eigenvalue weighted by molar-refractivity contribution is -0.380. The van der Waals surface area contributed by atoms with Gasteiger partial charge in [0.15, 0.2) is 0 Å². The van der Waals surface area contributed by atoms with Crippen molar-refractivity contribution in [2.24, 2.45) is 0 Å². The van der Waals surface area contributed by atoms with E-state index in [9.17, 15) is 19.3 Å². The van der Waals surface area contributed by atoms with Crippen molar-refractivity contribution in [1.29, 1.82) is 0 Å². The Balaban J connectivity index is 2.91. The number of carbonyl (C=O) groups is 1. The maximum atomic E-state index is 12.7. The standard InChI is InChI=1S/C6H4FNO4S/c7-5(6(9)10)3-1-2-4(13-3)8(11)12/h1-2,5H,(H,9,10). The zero-order chi connectivity index (χ0) is 10.0. The molecule has 5 nitrogen and oxygen atoms in total. The highest BCUT2D eigenvalue weighted by Crippen LogP contribution is 2.30. The highest BCUT2D eigenvalue weighted by atomic mass is 32.1. The third kappa shape index (κ3) is 2.00. The SMILES string of the molecule is O=C(O)C(F)c1ccc([N+](=O)[O-])s1. The topological polar surface area (TPSA) is 80.4 Å². The zero-order valence-corrected chi connectivity index (χ0v) is 6.95. The van der Waals surface area contributed by atoms with Crippen LogP contribution in [0, 0.1) is 10.1 Å². The summed E-state index contributed by atoms with van der Waals surface area (Å²) in [5.41, 5.74) is 0. The minimum Gasteiger partial charge on any atom is -0.479 e. The Bertz CT molecular complexity index is 350. The van der Waals surface area contributed by atoms with Crippen molar-refractivity contribution in [1.82, 2.24) is 0 Å². The molecule has 1 atom stereocenters. The first-order valence-corrected chi connectivity index (χ1v) is 3.95. The number of halogens is 1. The highest BCUT2D eigenvalue weighted by Gasteiger charge is 2.22. The van der Waals surface area contributed by atoms with E-state index in [0.29, 0.717) is 11.3 Å². The van der Waals surface area contributed by atoms with E-state index in [0.717, 1.165) is 12.1 Å². The van der Waals surface area contributed by atoms with Gasteiger partial charge in [0.25, 0.3) is 0 Å². The van der Waals surface area contributed by atoms with Crippen LogP contribution in [0.1, 0.15) is 11.0 Å². The maximum Gasteiger partial charge on any atom is 0.343 e. The van der Waals surface area contributed by atoms with E-state index in [-0.39, 0.29) is 9.88 Å². The Hall–Kier alpha value is -1.50. The lowest BCUT2D eigenvalue weighted by atomic mass is 10.3. The van der Waals surface area contributed by atoms with Crippen LogP contribution in [0.15, 0.2) is 12.1 Å². The van der Waals surface area contributed by atoms with Gasteiger partial charge in [0.2, 0.25) is 6.17 Å². The molecule has 0 aliphatic rings. The summed E-state index contributed by atoms with van der Waals surface area (Å²) in [4.78, 5) is 19.4. The van der Waals surface area contributed by atoms with Gasteiger partial charge >= 0.3 is 11.0 Å². The molecule has 7 heteroatoms. The zero-order valence-electron chi connectivity index (χ0n) is 6.14. The van der Waals surface area contributed by atoms with Gasteiger partial charge in [-0.3, -0.25) is 10.1 Å². The van der Waals surface area contributed by atoms with Crippen LogP contribution in [-0.4, -0.2) is 16.0 Å². The number of carboxylic acids is 1. The Morgan fingerprint density at radius 1 is 1.69 bits per heavy atom. The predicted molar refractivity (Wildman–Crippen MR) is 42.5 cm³/mol. The summed E-state index contributed by atoms with van der Waals surface area (Å²) >= 11 is 0.522. The molecule has 13 heavy (non-hydrogen) atoms. The molecule has 1 heterocycles. The van der Waals surface area contributed by atoms with Crippen LogP contribution in [0.3, 0.4) is 0 Å². The van der Waals surface area contributed by atoms with Gasteiger partial charge in [-0.2, -0.15) is 0 Å². The lowest BCUT2D eigenvalue weighted by Crippen LogP contribution is -2.03. The second-order valence-corrected chi connectivity index (χ2v) is 3.23. The molecule has 1 aromatic rings. The van der Waals surface area contributed by atoms with Crippen LogP contribution >= 0.6 is 11.3 Å². The molecule has 1 aromatic heterocycles. The Kier molecular flexibility index (Phi) is 2.57. The summed E-state index contributed by atoms with van der Waals surface area (Å²) < 4.78 is 12.7. The fourth-order valence-corrected chi connectivity index (χ4v) is 1.49. The summed E-state index contributed by atoms with van der Waals surface area (Å²) in [6.45, 7) is 0. The number of thiophene rings is 1. The summed E-state index contributed by atoms with van der Waals surface area (Å²) in [6, 6.07) is 2.18. The van der Waals surface area contributed by atoms with Crippen LogP contribution in [0.5, 0.6) is 0 Å². The van der Waals surface area contributed by atoms with E-state index < -0.39 is 17.1 Å². The highest BCUT2D eigenvalue weighted by molar-refractivity contribution is 7.15. The van der Waals surface area contributed by atoms with Crippen LogP contribution < -0.4 is 0 Å². The molecule has 1 unspecified atom stereocenters. The molecule has 0 fully saturated rings. The van der Waals surface area contributed by atoms with Gasteiger partial charge in [-0.15, -0.1) is 0 Å². The van der Waals surface area contributed by atoms with E-state index in [1.54, 1.807) is 0 Å². The average Bonchev–Trinajstić information content (AvgIpc) is 2.50. The number of hydrogen-bond donors (Lipinski definition) is 1. The average molecular weight is 205 g/mol. The Labute approximate surface area is 75.6 Å². The minimum absolute atomic E-state index is 0.167. The van der Waals surface area contributed by atoms with E-state index in [1.807, 2.05) is 0 Å². The first-order chi connectivity index (χ1) is 6.02. The van der Waals surface area contributed by atoms with Crippen LogP contribution in [-0.2, 0) is 4.79 Å². The van der Waals surface area contributed by atoms with Crippen LogP contribution in [0.4, 0.5) is 9.39 Å². The molecule has 0 aliphatic carbocycles. The van der Waals surface area contributed by atoms with E-state index >= 15 is 0 Å². The summed E-state index contributed by atoms with van der Waals surface area (Å²) in [5.74, 6) is -1.64. The fraction of sp³-hybridized carbons (Fsp3) is 0.167. The first kappa shape index (κ1) is 9.59. The summed E-state index contributed by atoms with van der Waals surface area (Å²) in [6.07, 6.45) is -2.18. The molecular weight excluding hydrogens is 201 g/mol. The number of rotatable bonds is 3. The monoisotopic (exact) mass is 205 g/mol. The van der Waals surface area contributed by atoms with Gasteiger partial charge in [-0.25, -0.2) is 9.18 Å². The smallest absolute Gasteiger partial charge is 0.343 e. The van der Waals surface area contributed by atoms with Crippen LogP contribution in [0.2, 0.25) is 0 Å². The maximum absolute atomic E-state index is 12.7. The molecule has 0 spiro atoms. The van der Waals surface area contributed by atoms with Crippen molar-refractivity contribution in [2.45, 2.75) is 6.17 Å². The van der Waals surface area contributed by atoms with Crippen LogP contribution in [0.25, 0.3) is 0 Å². The fourth-order valence-electron chi connectivity index (χ4n) is 0.698. The molecule has 0 bridgehead atoms. The molecule has 0 saturated carbocycles. The van der Waals surface area contributed by atoms with Gasteiger partial charge in [-0.1, -0.05) is 11.3 Å². The van der Waals surface area contributed by atoms with Gasteiger partial charge in [0.1, 0.15) is 0 Å². The normalized spacial score (nSPS) is 12.4. The van der Waals surface area contributed by atoms with Crippen molar-refractivity contribution < 1.29 is 19.2 Å². The largest absolute Gasteiger partial charge is 0.479 e. The van der Waals surface area contributed by atoms with E-state index in [2.05, 4.69) is 0 Å². The molecule has 0 radical (unpaired) electrons. The predicted octanol–water partition coefficient (Wildman–Crippen LogP) is 1.75. The van der Waals surface area contributed by atoms with E-state index in [1.165, 1.54) is 0 Å². The third-order valence-corrected chi connectivity index (χ3v) is 2.33. The molecule has 0 saturated heterocycles. The number of nitro groups is 1. The van der Waals surface area contributed by atoms with Crippen molar-refractivity contribution in [3.63, 3.8) is 0 Å². The molecule has 70 valence electrons. The van der Waals surface area contributed by atoms with Crippen molar-refractivity contribution in [3.05, 3.63) is 27.1 Å². The second kappa shape index (κ2) is 3.48. The van der Waals surface area contributed by atoms with Gasteiger partial charge < -0.3 is 5.11 Å². The summed E-state index contributed by atoms with van der Waals surface area (Å²) in [5, 5.41) is 18.1. The Morgan fingerprint density at radius 2 is 2.31 bits per heavy atom. The Morgan fingerprint density at radius 3 is 2.69 bits per heavy atom. The quantitative estimate of drug-likeness (QED) is 0.602. The van der Waals surface area contributed by atoms with Crippen molar-refractivity contribution in [2.75, 3.05) is 0 Å². The molecule has 0 amide bonds. The molecular formula is C6H4FNO4S. The van der Waals surface area contributed by atoms with Gasteiger partial charge in [0.05, 0.1) is 9.80 Å². The number of aliphatic carboxylic acids is 1. The molecule has 0 aliphatic heterocycles. The number of carboxylic acid groups (broad SMARTS) is 1. The lowest BCUT2D eigenvalue weighted by Gasteiger charge is -1.95. The molecule has 1 N–H and O–H groups in total. The number of alkyl halides is 1. The number of nitrogens with zero attached hydrogens (tertiary/aromatic N) is 1. The third-order valence-electron chi connectivity index (χ3n) is 1.26. The minimum atomic E-state index is -2.18. The van der Waals surface area contributed by atoms with Crippen molar-refractivity contribution >= 4 is 22.3 Å². The second-order valence-electron chi connectivity index (χ2n) is 2.13. The summed E-state index contributed by atoms with van der Waals surface area (Å²) in [7, 11) is 0.